The highest BCUT2D eigenvalue weighted by Gasteiger charge is 2.20. The van der Waals surface area contributed by atoms with E-state index in [0.717, 1.165) is 5.39 Å². The molecule has 0 radical (unpaired) electrons. The van der Waals surface area contributed by atoms with Gasteiger partial charge >= 0.3 is 0 Å². The second-order valence-corrected chi connectivity index (χ2v) is 7.98. The third kappa shape index (κ3) is 3.62. The van der Waals surface area contributed by atoms with E-state index in [1.54, 1.807) is 42.5 Å². The summed E-state index contributed by atoms with van der Waals surface area (Å²) in [6, 6.07) is 17.5. The number of benzene rings is 3. The summed E-state index contributed by atoms with van der Waals surface area (Å²) in [7, 11) is -3.77. The van der Waals surface area contributed by atoms with Crippen LogP contribution in [-0.4, -0.2) is 33.3 Å². The van der Waals surface area contributed by atoms with Crippen LogP contribution in [0.1, 0.15) is 11.7 Å². The van der Waals surface area contributed by atoms with Crippen molar-refractivity contribution in [3.8, 4) is 11.5 Å². The summed E-state index contributed by atoms with van der Waals surface area (Å²) in [5.74, 6) is 1.17. The van der Waals surface area contributed by atoms with Gasteiger partial charge in [0.15, 0.2) is 11.5 Å². The van der Waals surface area contributed by atoms with E-state index in [1.165, 1.54) is 0 Å². The summed E-state index contributed by atoms with van der Waals surface area (Å²) >= 11 is 0. The van der Waals surface area contributed by atoms with E-state index in [4.69, 9.17) is 9.47 Å². The lowest BCUT2D eigenvalue weighted by Gasteiger charge is -2.20. The smallest absolute Gasteiger partial charge is 0.241 e. The van der Waals surface area contributed by atoms with Crippen molar-refractivity contribution in [3.05, 3.63) is 66.2 Å². The monoisotopic (exact) mass is 385 g/mol. The maximum absolute atomic E-state index is 12.7. The van der Waals surface area contributed by atoms with Crippen molar-refractivity contribution in [1.29, 1.82) is 0 Å². The average Bonchev–Trinajstić information content (AvgIpc) is 2.71. The maximum Gasteiger partial charge on any atom is 0.241 e. The molecule has 0 aromatic heterocycles. The zero-order chi connectivity index (χ0) is 18.9. The molecular weight excluding hydrogens is 366 g/mol. The van der Waals surface area contributed by atoms with Crippen LogP contribution in [-0.2, 0) is 10.0 Å². The van der Waals surface area contributed by atoms with Crippen LogP contribution in [0, 0.1) is 0 Å². The fourth-order valence-corrected chi connectivity index (χ4v) is 4.35. The van der Waals surface area contributed by atoms with Crippen molar-refractivity contribution in [2.24, 2.45) is 0 Å². The largest absolute Gasteiger partial charge is 0.486 e. The fourth-order valence-electron chi connectivity index (χ4n) is 3.08. The van der Waals surface area contributed by atoms with Crippen LogP contribution in [0.25, 0.3) is 10.8 Å². The molecule has 0 bridgehead atoms. The molecule has 3 aromatic rings. The van der Waals surface area contributed by atoms with Crippen molar-refractivity contribution < 1.29 is 23.0 Å². The van der Waals surface area contributed by atoms with E-state index in [9.17, 15) is 13.5 Å². The highest BCUT2D eigenvalue weighted by Crippen LogP contribution is 2.32. The minimum Gasteiger partial charge on any atom is -0.486 e. The van der Waals surface area contributed by atoms with Crippen molar-refractivity contribution in [3.63, 3.8) is 0 Å². The van der Waals surface area contributed by atoms with Gasteiger partial charge in [0.2, 0.25) is 10.0 Å². The Labute approximate surface area is 157 Å². The molecule has 1 aliphatic heterocycles. The van der Waals surface area contributed by atoms with E-state index < -0.39 is 16.1 Å². The van der Waals surface area contributed by atoms with Gasteiger partial charge in [-0.15, -0.1) is 0 Å². The molecule has 4 rings (SSSR count). The molecule has 0 saturated carbocycles. The van der Waals surface area contributed by atoms with Crippen LogP contribution < -0.4 is 14.2 Å². The molecule has 0 fully saturated rings. The third-order valence-electron chi connectivity index (χ3n) is 4.46. The van der Waals surface area contributed by atoms with Crippen LogP contribution in [0.4, 0.5) is 0 Å². The lowest BCUT2D eigenvalue weighted by Crippen LogP contribution is -2.28. The van der Waals surface area contributed by atoms with E-state index in [2.05, 4.69) is 4.72 Å². The number of aliphatic hydroxyl groups excluding tert-OH is 1. The number of fused-ring (bicyclic) bond motifs is 2. The molecule has 0 saturated heterocycles. The molecule has 2 N–H and O–H groups in total. The maximum atomic E-state index is 12.7. The highest BCUT2D eigenvalue weighted by atomic mass is 32.2. The molecule has 1 heterocycles. The molecule has 0 unspecified atom stereocenters. The van der Waals surface area contributed by atoms with Crippen molar-refractivity contribution in [2.75, 3.05) is 19.8 Å². The van der Waals surface area contributed by atoms with Crippen LogP contribution in [0.2, 0.25) is 0 Å². The molecule has 27 heavy (non-hydrogen) atoms. The normalized spacial score (nSPS) is 14.9. The Morgan fingerprint density at radius 1 is 0.963 bits per heavy atom. The minimum absolute atomic E-state index is 0.148. The zero-order valence-electron chi connectivity index (χ0n) is 14.5. The summed E-state index contributed by atoms with van der Waals surface area (Å²) in [5, 5.41) is 11.9. The summed E-state index contributed by atoms with van der Waals surface area (Å²) in [4.78, 5) is 0.190. The predicted octanol–water partition coefficient (Wildman–Crippen LogP) is 2.62. The van der Waals surface area contributed by atoms with E-state index in [0.29, 0.717) is 35.7 Å². The van der Waals surface area contributed by atoms with Gasteiger partial charge in [-0.05, 0) is 29.1 Å². The number of nitrogens with one attached hydrogen (secondary N) is 1. The van der Waals surface area contributed by atoms with E-state index in [1.807, 2.05) is 18.2 Å². The van der Waals surface area contributed by atoms with E-state index >= 15 is 0 Å². The average molecular weight is 385 g/mol. The van der Waals surface area contributed by atoms with Gasteiger partial charge in [0.1, 0.15) is 13.2 Å². The first-order chi connectivity index (χ1) is 13.0. The third-order valence-corrected chi connectivity index (χ3v) is 5.94. The summed E-state index contributed by atoms with van der Waals surface area (Å²) in [6.45, 7) is 0.783. The molecule has 140 valence electrons. The van der Waals surface area contributed by atoms with Crippen LogP contribution >= 0.6 is 0 Å². The number of rotatable bonds is 5. The standard InChI is InChI=1S/C20H19NO5S/c22-17(15-8-9-18-19(12-15)26-11-10-25-18)13-21-27(23,24)20-7-3-5-14-4-1-2-6-16(14)20/h1-9,12,17,21-22H,10-11,13H2/t17-/m1/s1. The van der Waals surface area contributed by atoms with Crippen molar-refractivity contribution >= 4 is 20.8 Å². The van der Waals surface area contributed by atoms with Gasteiger partial charge in [-0.25, -0.2) is 13.1 Å². The molecule has 3 aromatic carbocycles. The predicted molar refractivity (Wildman–Crippen MR) is 102 cm³/mol. The van der Waals surface area contributed by atoms with Gasteiger partial charge in [0, 0.05) is 11.9 Å². The second-order valence-electron chi connectivity index (χ2n) is 6.25. The molecule has 0 amide bonds. The number of hydrogen-bond acceptors (Lipinski definition) is 5. The Balaban J connectivity index is 1.53. The number of sulfonamides is 1. The first-order valence-electron chi connectivity index (χ1n) is 8.60. The summed E-state index contributed by atoms with van der Waals surface area (Å²) in [6.07, 6.45) is -1.01. The molecule has 0 aliphatic carbocycles. The Hall–Kier alpha value is -2.61. The van der Waals surface area contributed by atoms with Gasteiger partial charge in [0.05, 0.1) is 11.0 Å². The molecule has 1 aliphatic rings. The van der Waals surface area contributed by atoms with Gasteiger partial charge in [-0.3, -0.25) is 0 Å². The Bertz CT molecular complexity index is 1080. The Morgan fingerprint density at radius 3 is 2.56 bits per heavy atom. The highest BCUT2D eigenvalue weighted by molar-refractivity contribution is 7.89. The van der Waals surface area contributed by atoms with Crippen molar-refractivity contribution in [2.45, 2.75) is 11.0 Å². The van der Waals surface area contributed by atoms with Crippen LogP contribution in [0.3, 0.4) is 0 Å². The second kappa shape index (κ2) is 7.19. The number of hydrogen-bond donors (Lipinski definition) is 2. The number of aliphatic hydroxyl groups is 1. The first kappa shape index (κ1) is 17.8. The lowest BCUT2D eigenvalue weighted by atomic mass is 10.1. The van der Waals surface area contributed by atoms with E-state index in [-0.39, 0.29) is 11.4 Å². The topological polar surface area (TPSA) is 84.9 Å². The fraction of sp³-hybridized carbons (Fsp3) is 0.200. The summed E-state index contributed by atoms with van der Waals surface area (Å²) < 4.78 is 38.9. The van der Waals surface area contributed by atoms with Gasteiger partial charge in [-0.1, -0.05) is 42.5 Å². The SMILES string of the molecule is O=S(=O)(NC[C@@H](O)c1ccc2c(c1)OCCO2)c1cccc2ccccc12. The van der Waals surface area contributed by atoms with Crippen molar-refractivity contribution in [1.82, 2.24) is 4.72 Å². The lowest BCUT2D eigenvalue weighted by molar-refractivity contribution is 0.165. The Kier molecular flexibility index (Phi) is 4.73. The summed E-state index contributed by atoms with van der Waals surface area (Å²) in [5.41, 5.74) is 0.555. The van der Waals surface area contributed by atoms with Gasteiger partial charge in [-0.2, -0.15) is 0 Å². The van der Waals surface area contributed by atoms with Gasteiger partial charge in [0.25, 0.3) is 0 Å². The zero-order valence-corrected chi connectivity index (χ0v) is 15.3. The quantitative estimate of drug-likeness (QED) is 0.705. The van der Waals surface area contributed by atoms with Gasteiger partial charge < -0.3 is 14.6 Å². The van der Waals surface area contributed by atoms with Crippen LogP contribution in [0.15, 0.2) is 65.6 Å². The minimum atomic E-state index is -3.77. The molecular formula is C20H19NO5S. The Morgan fingerprint density at radius 2 is 1.70 bits per heavy atom. The molecule has 0 spiro atoms. The molecule has 6 nitrogen and oxygen atoms in total. The first-order valence-corrected chi connectivity index (χ1v) is 10.1. The number of ether oxygens (including phenoxy) is 2. The van der Waals surface area contributed by atoms with Crippen LogP contribution in [0.5, 0.6) is 11.5 Å². The molecule has 7 heteroatoms. The molecule has 1 atom stereocenters.